The zero-order valence-corrected chi connectivity index (χ0v) is 18.4. The smallest absolute Gasteiger partial charge is 0.241 e. The molecule has 2 rings (SSSR count). The van der Waals surface area contributed by atoms with Gasteiger partial charge in [-0.2, -0.15) is 0 Å². The molecule has 0 spiro atoms. The Kier molecular flexibility index (Phi) is 10.6. The fourth-order valence-electron chi connectivity index (χ4n) is 2.67. The highest BCUT2D eigenvalue weighted by Gasteiger charge is 2.25. The summed E-state index contributed by atoms with van der Waals surface area (Å²) in [6.07, 6.45) is 3.63. The molecule has 1 aromatic heterocycles. The number of hydrogen-bond acceptors (Lipinski definition) is 4. The van der Waals surface area contributed by atoms with Crippen LogP contribution < -0.4 is 20.9 Å². The number of aliphatic imine (C=N–C) groups is 1. The SMILES string of the molecule is CCCNC(=O)CN=C(NCC)NC1CCN(c2ncccc2Cl)C1.I. The quantitative estimate of drug-likeness (QED) is 0.307. The van der Waals surface area contributed by atoms with Crippen molar-refractivity contribution in [3.8, 4) is 0 Å². The number of nitrogens with one attached hydrogen (secondary N) is 3. The van der Waals surface area contributed by atoms with Gasteiger partial charge in [-0.15, -0.1) is 24.0 Å². The van der Waals surface area contributed by atoms with Crippen LogP contribution in [0, 0.1) is 0 Å². The Hall–Kier alpha value is -1.29. The van der Waals surface area contributed by atoms with E-state index in [4.69, 9.17) is 11.6 Å². The van der Waals surface area contributed by atoms with Crippen LogP contribution in [-0.2, 0) is 4.79 Å². The molecule has 2 heterocycles. The Labute approximate surface area is 177 Å². The van der Waals surface area contributed by atoms with Gasteiger partial charge in [0, 0.05) is 38.4 Å². The first-order chi connectivity index (χ1) is 12.1. The van der Waals surface area contributed by atoms with Crippen LogP contribution in [-0.4, -0.2) is 55.6 Å². The summed E-state index contributed by atoms with van der Waals surface area (Å²) in [4.78, 5) is 22.6. The molecule has 7 nitrogen and oxygen atoms in total. The van der Waals surface area contributed by atoms with E-state index in [-0.39, 0.29) is 42.5 Å². The normalized spacial score (nSPS) is 16.8. The third kappa shape index (κ3) is 7.14. The minimum absolute atomic E-state index is 0. The first-order valence-corrected chi connectivity index (χ1v) is 9.18. The van der Waals surface area contributed by atoms with Crippen LogP contribution in [0.25, 0.3) is 0 Å². The summed E-state index contributed by atoms with van der Waals surface area (Å²) in [6.45, 7) is 7.25. The molecule has 1 aromatic rings. The van der Waals surface area contributed by atoms with Crippen molar-refractivity contribution in [2.24, 2.45) is 4.99 Å². The molecule has 0 saturated carbocycles. The number of carbonyl (C=O) groups is 1. The number of halogens is 2. The van der Waals surface area contributed by atoms with E-state index in [1.54, 1.807) is 6.20 Å². The zero-order valence-electron chi connectivity index (χ0n) is 15.3. The third-order valence-corrected chi connectivity index (χ3v) is 4.16. The Balaban J connectivity index is 0.00000338. The van der Waals surface area contributed by atoms with Crippen LogP contribution in [0.4, 0.5) is 5.82 Å². The van der Waals surface area contributed by atoms with Gasteiger partial charge in [-0.1, -0.05) is 18.5 Å². The van der Waals surface area contributed by atoms with Crippen molar-refractivity contribution < 1.29 is 4.79 Å². The summed E-state index contributed by atoms with van der Waals surface area (Å²) in [6, 6.07) is 3.91. The molecule has 146 valence electrons. The molecule has 1 saturated heterocycles. The van der Waals surface area contributed by atoms with Gasteiger partial charge < -0.3 is 20.9 Å². The topological polar surface area (TPSA) is 81.6 Å². The number of amides is 1. The summed E-state index contributed by atoms with van der Waals surface area (Å²) in [5.74, 6) is 1.41. The van der Waals surface area contributed by atoms with Gasteiger partial charge >= 0.3 is 0 Å². The van der Waals surface area contributed by atoms with Gasteiger partial charge in [0.15, 0.2) is 5.96 Å². The minimum Gasteiger partial charge on any atom is -0.357 e. The average molecular weight is 495 g/mol. The van der Waals surface area contributed by atoms with E-state index >= 15 is 0 Å². The van der Waals surface area contributed by atoms with Gasteiger partial charge in [0.1, 0.15) is 12.4 Å². The van der Waals surface area contributed by atoms with Crippen molar-refractivity contribution in [1.29, 1.82) is 0 Å². The third-order valence-electron chi connectivity index (χ3n) is 3.86. The van der Waals surface area contributed by atoms with Crippen molar-refractivity contribution in [1.82, 2.24) is 20.9 Å². The second-order valence-electron chi connectivity index (χ2n) is 5.93. The fourth-order valence-corrected chi connectivity index (χ4v) is 2.91. The van der Waals surface area contributed by atoms with Crippen molar-refractivity contribution >= 4 is 53.3 Å². The second-order valence-corrected chi connectivity index (χ2v) is 6.34. The lowest BCUT2D eigenvalue weighted by atomic mass is 10.3. The lowest BCUT2D eigenvalue weighted by Gasteiger charge is -2.20. The molecule has 1 amide bonds. The van der Waals surface area contributed by atoms with E-state index in [1.807, 2.05) is 26.0 Å². The predicted octanol–water partition coefficient (Wildman–Crippen LogP) is 2.01. The Bertz CT molecular complexity index is 600. The summed E-state index contributed by atoms with van der Waals surface area (Å²) < 4.78 is 0. The molecule has 3 N–H and O–H groups in total. The van der Waals surface area contributed by atoms with Crippen LogP contribution in [0.15, 0.2) is 23.3 Å². The molecular weight excluding hydrogens is 467 g/mol. The number of nitrogens with zero attached hydrogens (tertiary/aromatic N) is 3. The van der Waals surface area contributed by atoms with Gasteiger partial charge in [0.2, 0.25) is 5.91 Å². The van der Waals surface area contributed by atoms with Gasteiger partial charge in [-0.25, -0.2) is 9.98 Å². The lowest BCUT2D eigenvalue weighted by Crippen LogP contribution is -2.45. The summed E-state index contributed by atoms with van der Waals surface area (Å²) in [5, 5.41) is 10.1. The number of anilines is 1. The van der Waals surface area contributed by atoms with Crippen LogP contribution in [0.1, 0.15) is 26.7 Å². The molecular formula is C17H28ClIN6O. The first-order valence-electron chi connectivity index (χ1n) is 8.81. The number of guanidine groups is 1. The molecule has 0 bridgehead atoms. The molecule has 26 heavy (non-hydrogen) atoms. The molecule has 0 aromatic carbocycles. The van der Waals surface area contributed by atoms with Crippen LogP contribution in [0.3, 0.4) is 0 Å². The Morgan fingerprint density at radius 3 is 2.92 bits per heavy atom. The second kappa shape index (κ2) is 12.2. The summed E-state index contributed by atoms with van der Waals surface area (Å²) in [7, 11) is 0. The monoisotopic (exact) mass is 494 g/mol. The van der Waals surface area contributed by atoms with E-state index in [9.17, 15) is 4.79 Å². The first kappa shape index (κ1) is 22.8. The van der Waals surface area contributed by atoms with Crippen LogP contribution in [0.5, 0.6) is 0 Å². The molecule has 9 heteroatoms. The van der Waals surface area contributed by atoms with E-state index < -0.39 is 0 Å². The van der Waals surface area contributed by atoms with Crippen molar-refractivity contribution in [2.45, 2.75) is 32.7 Å². The Morgan fingerprint density at radius 2 is 2.23 bits per heavy atom. The number of carbonyl (C=O) groups excluding carboxylic acids is 1. The molecule has 1 atom stereocenters. The van der Waals surface area contributed by atoms with E-state index in [0.29, 0.717) is 17.5 Å². The molecule has 1 unspecified atom stereocenters. The van der Waals surface area contributed by atoms with Crippen molar-refractivity contribution in [3.05, 3.63) is 23.4 Å². The minimum atomic E-state index is -0.0626. The number of hydrogen-bond donors (Lipinski definition) is 3. The molecule has 1 aliphatic heterocycles. The molecule has 0 aliphatic carbocycles. The summed E-state index contributed by atoms with van der Waals surface area (Å²) >= 11 is 6.23. The average Bonchev–Trinajstić information content (AvgIpc) is 3.06. The highest BCUT2D eigenvalue weighted by atomic mass is 127. The number of pyridine rings is 1. The van der Waals surface area contributed by atoms with Crippen molar-refractivity contribution in [3.63, 3.8) is 0 Å². The largest absolute Gasteiger partial charge is 0.357 e. The maximum Gasteiger partial charge on any atom is 0.241 e. The van der Waals surface area contributed by atoms with Gasteiger partial charge in [0.05, 0.1) is 5.02 Å². The number of rotatable bonds is 7. The van der Waals surface area contributed by atoms with Gasteiger partial charge in [-0.05, 0) is 31.9 Å². The Morgan fingerprint density at radius 1 is 1.42 bits per heavy atom. The maximum absolute atomic E-state index is 11.7. The molecule has 0 radical (unpaired) electrons. The van der Waals surface area contributed by atoms with Gasteiger partial charge in [-0.3, -0.25) is 4.79 Å². The summed E-state index contributed by atoms with van der Waals surface area (Å²) in [5.41, 5.74) is 0. The number of aromatic nitrogens is 1. The van der Waals surface area contributed by atoms with Crippen molar-refractivity contribution in [2.75, 3.05) is 37.6 Å². The molecule has 1 aliphatic rings. The zero-order chi connectivity index (χ0) is 18.1. The fraction of sp³-hybridized carbons (Fsp3) is 0.588. The van der Waals surface area contributed by atoms with E-state index in [2.05, 4.69) is 30.8 Å². The highest BCUT2D eigenvalue weighted by molar-refractivity contribution is 14.0. The van der Waals surface area contributed by atoms with Crippen LogP contribution in [0.2, 0.25) is 5.02 Å². The van der Waals surface area contributed by atoms with E-state index in [1.165, 1.54) is 0 Å². The molecule has 1 fully saturated rings. The lowest BCUT2D eigenvalue weighted by molar-refractivity contribution is -0.119. The van der Waals surface area contributed by atoms with Crippen LogP contribution >= 0.6 is 35.6 Å². The van der Waals surface area contributed by atoms with Gasteiger partial charge in [0.25, 0.3) is 0 Å². The standard InChI is InChI=1S/C17H27ClN6O.HI/c1-3-8-20-15(25)11-22-17(19-4-2)23-13-7-10-24(12-13)16-14(18)6-5-9-21-16;/h5-6,9,13H,3-4,7-8,10-12H2,1-2H3,(H,20,25)(H2,19,22,23);1H. The predicted molar refractivity (Wildman–Crippen MR) is 118 cm³/mol. The maximum atomic E-state index is 11.7. The van der Waals surface area contributed by atoms with E-state index in [0.717, 1.165) is 38.3 Å². The highest BCUT2D eigenvalue weighted by Crippen LogP contribution is 2.25.